The SMILES string of the molecule is NNc1cc([N+](=O)[O-])cc(Sc2ncnc3nc[nH]c23)n1. The summed E-state index contributed by atoms with van der Waals surface area (Å²) in [6.07, 6.45) is 2.86. The van der Waals surface area contributed by atoms with Crippen molar-refractivity contribution >= 4 is 34.4 Å². The Morgan fingerprint density at radius 2 is 2.19 bits per heavy atom. The fourth-order valence-electron chi connectivity index (χ4n) is 1.64. The number of rotatable bonds is 4. The van der Waals surface area contributed by atoms with Crippen molar-refractivity contribution < 1.29 is 4.92 Å². The molecule has 3 heterocycles. The van der Waals surface area contributed by atoms with Gasteiger partial charge in [-0.25, -0.2) is 25.8 Å². The number of nitrogens with two attached hydrogens (primary N) is 1. The Morgan fingerprint density at radius 1 is 1.33 bits per heavy atom. The van der Waals surface area contributed by atoms with E-state index in [2.05, 4.69) is 30.3 Å². The Bertz CT molecular complexity index is 820. The average Bonchev–Trinajstić information content (AvgIpc) is 2.96. The molecule has 3 aromatic heterocycles. The van der Waals surface area contributed by atoms with E-state index in [4.69, 9.17) is 5.84 Å². The van der Waals surface area contributed by atoms with Gasteiger partial charge in [-0.15, -0.1) is 0 Å². The minimum Gasteiger partial charge on any atom is -0.341 e. The van der Waals surface area contributed by atoms with Gasteiger partial charge < -0.3 is 10.4 Å². The molecule has 3 aromatic rings. The molecule has 0 fully saturated rings. The van der Waals surface area contributed by atoms with Gasteiger partial charge in [0.25, 0.3) is 5.69 Å². The Kier molecular flexibility index (Phi) is 3.33. The van der Waals surface area contributed by atoms with Crippen molar-refractivity contribution in [2.45, 2.75) is 10.1 Å². The number of hydrazine groups is 1. The lowest BCUT2D eigenvalue weighted by atomic mass is 10.4. The second-order valence-corrected chi connectivity index (χ2v) is 4.84. The first-order valence-electron chi connectivity index (χ1n) is 5.62. The second-order valence-electron chi connectivity index (χ2n) is 3.83. The van der Waals surface area contributed by atoms with Gasteiger partial charge in [-0.05, 0) is 11.8 Å². The molecule has 0 spiro atoms. The summed E-state index contributed by atoms with van der Waals surface area (Å²) in [6, 6.07) is 2.59. The number of pyridine rings is 1. The Morgan fingerprint density at radius 3 is 2.95 bits per heavy atom. The summed E-state index contributed by atoms with van der Waals surface area (Å²) in [7, 11) is 0. The van der Waals surface area contributed by atoms with Crippen molar-refractivity contribution in [2.75, 3.05) is 5.43 Å². The Hall–Kier alpha value is -2.79. The van der Waals surface area contributed by atoms with E-state index in [-0.39, 0.29) is 11.5 Å². The summed E-state index contributed by atoms with van der Waals surface area (Å²) in [5.74, 6) is 5.46. The number of imidazole rings is 1. The highest BCUT2D eigenvalue weighted by Gasteiger charge is 2.14. The largest absolute Gasteiger partial charge is 0.341 e. The molecule has 0 aliphatic heterocycles. The highest BCUT2D eigenvalue weighted by atomic mass is 32.2. The van der Waals surface area contributed by atoms with Gasteiger partial charge in [0.1, 0.15) is 27.7 Å². The summed E-state index contributed by atoms with van der Waals surface area (Å²) < 4.78 is 0. The molecule has 10 nitrogen and oxygen atoms in total. The number of nitrogens with one attached hydrogen (secondary N) is 2. The van der Waals surface area contributed by atoms with Crippen molar-refractivity contribution in [3.05, 3.63) is 34.9 Å². The third-order valence-corrected chi connectivity index (χ3v) is 3.46. The highest BCUT2D eigenvalue weighted by molar-refractivity contribution is 7.99. The molecule has 0 aliphatic rings. The zero-order valence-corrected chi connectivity index (χ0v) is 11.2. The quantitative estimate of drug-likeness (QED) is 0.278. The van der Waals surface area contributed by atoms with E-state index in [0.29, 0.717) is 21.2 Å². The smallest absolute Gasteiger partial charge is 0.275 e. The molecule has 0 amide bonds. The number of nitro groups is 1. The van der Waals surface area contributed by atoms with Gasteiger partial charge in [0.05, 0.1) is 17.3 Å². The van der Waals surface area contributed by atoms with Gasteiger partial charge in [0.15, 0.2) is 5.65 Å². The first-order valence-corrected chi connectivity index (χ1v) is 6.44. The van der Waals surface area contributed by atoms with Crippen molar-refractivity contribution in [3.8, 4) is 0 Å². The van der Waals surface area contributed by atoms with E-state index in [1.165, 1.54) is 24.8 Å². The van der Waals surface area contributed by atoms with Crippen LogP contribution in [0.1, 0.15) is 0 Å². The summed E-state index contributed by atoms with van der Waals surface area (Å²) in [6.45, 7) is 0. The molecular weight excluding hydrogens is 296 g/mol. The lowest BCUT2D eigenvalue weighted by molar-refractivity contribution is -0.385. The normalized spacial score (nSPS) is 10.7. The van der Waals surface area contributed by atoms with Crippen LogP contribution in [-0.4, -0.2) is 29.8 Å². The van der Waals surface area contributed by atoms with Crippen molar-refractivity contribution in [1.29, 1.82) is 0 Å². The second kappa shape index (κ2) is 5.30. The van der Waals surface area contributed by atoms with Gasteiger partial charge in [-0.3, -0.25) is 10.1 Å². The Labute approximate surface area is 121 Å². The zero-order chi connectivity index (χ0) is 14.8. The van der Waals surface area contributed by atoms with Crippen LogP contribution in [0, 0.1) is 10.1 Å². The number of nitrogen functional groups attached to an aromatic ring is 1. The minimum atomic E-state index is -0.516. The molecule has 0 atom stereocenters. The summed E-state index contributed by atoms with van der Waals surface area (Å²) in [4.78, 5) is 29.6. The minimum absolute atomic E-state index is 0.115. The maximum Gasteiger partial charge on any atom is 0.275 e. The van der Waals surface area contributed by atoms with Gasteiger partial charge >= 0.3 is 0 Å². The van der Waals surface area contributed by atoms with Gasteiger partial charge in [-0.1, -0.05) is 0 Å². The highest BCUT2D eigenvalue weighted by Crippen LogP contribution is 2.31. The third kappa shape index (κ3) is 2.59. The first kappa shape index (κ1) is 13.2. The molecule has 106 valence electrons. The van der Waals surface area contributed by atoms with E-state index in [1.807, 2.05) is 0 Å². The summed E-state index contributed by atoms with van der Waals surface area (Å²) in [5, 5.41) is 11.8. The van der Waals surface area contributed by atoms with Crippen LogP contribution in [0.25, 0.3) is 11.2 Å². The molecular formula is C10H8N8O2S. The number of fused-ring (bicyclic) bond motifs is 1. The predicted octanol–water partition coefficient (Wildman–Crippen LogP) is 1.09. The molecule has 21 heavy (non-hydrogen) atoms. The topological polar surface area (TPSA) is 149 Å². The molecule has 0 aliphatic carbocycles. The van der Waals surface area contributed by atoms with E-state index in [1.54, 1.807) is 0 Å². The molecule has 0 saturated heterocycles. The fourth-order valence-corrected chi connectivity index (χ4v) is 2.52. The summed E-state index contributed by atoms with van der Waals surface area (Å²) in [5.41, 5.74) is 3.33. The van der Waals surface area contributed by atoms with Gasteiger partial charge in [0, 0.05) is 6.07 Å². The van der Waals surface area contributed by atoms with Gasteiger partial charge in [-0.2, -0.15) is 0 Å². The third-order valence-electron chi connectivity index (χ3n) is 2.53. The number of H-pyrrole nitrogens is 1. The van der Waals surface area contributed by atoms with Crippen LogP contribution in [0.3, 0.4) is 0 Å². The first-order chi connectivity index (χ1) is 10.2. The molecule has 3 rings (SSSR count). The molecule has 0 saturated carbocycles. The lowest BCUT2D eigenvalue weighted by Crippen LogP contribution is -2.09. The molecule has 0 bridgehead atoms. The maximum absolute atomic E-state index is 10.9. The fraction of sp³-hybridized carbons (Fsp3) is 0. The maximum atomic E-state index is 10.9. The number of nitrogens with zero attached hydrogens (tertiary/aromatic N) is 5. The average molecular weight is 304 g/mol. The van der Waals surface area contributed by atoms with Crippen LogP contribution in [0.5, 0.6) is 0 Å². The van der Waals surface area contributed by atoms with E-state index >= 15 is 0 Å². The molecule has 11 heteroatoms. The zero-order valence-electron chi connectivity index (χ0n) is 10.3. The van der Waals surface area contributed by atoms with Crippen LogP contribution in [0.4, 0.5) is 11.5 Å². The molecule has 4 N–H and O–H groups in total. The van der Waals surface area contributed by atoms with Crippen molar-refractivity contribution in [3.63, 3.8) is 0 Å². The summed E-state index contributed by atoms with van der Waals surface area (Å²) >= 11 is 1.15. The number of aromatic nitrogens is 5. The van der Waals surface area contributed by atoms with Crippen LogP contribution in [0.15, 0.2) is 34.8 Å². The van der Waals surface area contributed by atoms with E-state index < -0.39 is 4.92 Å². The monoisotopic (exact) mass is 304 g/mol. The molecule has 0 unspecified atom stereocenters. The van der Waals surface area contributed by atoms with Crippen LogP contribution >= 0.6 is 11.8 Å². The number of anilines is 1. The van der Waals surface area contributed by atoms with Crippen molar-refractivity contribution in [1.82, 2.24) is 24.9 Å². The van der Waals surface area contributed by atoms with Crippen LogP contribution in [0.2, 0.25) is 0 Å². The molecule has 0 aromatic carbocycles. The standard InChI is InChI=1S/C10H8N8O2S/c11-17-6-1-5(18(19)20)2-7(16-6)21-10-8-9(13-3-12-8)14-4-15-10/h1-4H,11H2,(H,16,17)(H,12,13,14,15). The van der Waals surface area contributed by atoms with E-state index in [9.17, 15) is 10.1 Å². The van der Waals surface area contributed by atoms with Crippen molar-refractivity contribution in [2.24, 2.45) is 5.84 Å². The lowest BCUT2D eigenvalue weighted by Gasteiger charge is -2.04. The number of aromatic amines is 1. The van der Waals surface area contributed by atoms with Crippen LogP contribution in [-0.2, 0) is 0 Å². The van der Waals surface area contributed by atoms with Gasteiger partial charge in [0.2, 0.25) is 0 Å². The predicted molar refractivity (Wildman–Crippen MR) is 74.5 cm³/mol. The Balaban J connectivity index is 2.03. The number of hydrogen-bond donors (Lipinski definition) is 3. The number of hydrogen-bond acceptors (Lipinski definition) is 9. The molecule has 0 radical (unpaired) electrons. The van der Waals surface area contributed by atoms with Crippen LogP contribution < -0.4 is 11.3 Å². The van der Waals surface area contributed by atoms with E-state index in [0.717, 1.165) is 11.8 Å².